The molecule has 9 nitrogen and oxygen atoms in total. The maximum Gasteiger partial charge on any atom is 3.00 e. The van der Waals surface area contributed by atoms with Gasteiger partial charge in [0, 0.05) is 17.3 Å². The average molecular weight is 625 g/mol. The molecule has 0 aromatic carbocycles. The summed E-state index contributed by atoms with van der Waals surface area (Å²) in [6, 6.07) is 0. The molecule has 13 heteroatoms. The predicted molar refractivity (Wildman–Crippen MR) is 144 cm³/mol. The first-order valence-electron chi connectivity index (χ1n) is 13.5. The van der Waals surface area contributed by atoms with Gasteiger partial charge in [-0.25, -0.2) is 25.3 Å². The molecule has 0 aromatic rings. The molecule has 0 atom stereocenters. The molecule has 0 unspecified atom stereocenters. The normalized spacial score (nSPS) is 11.5. The molecular weight excluding hydrogens is 573 g/mol. The van der Waals surface area contributed by atoms with Gasteiger partial charge in [0.05, 0.1) is 30.4 Å². The summed E-state index contributed by atoms with van der Waals surface area (Å²) in [5.41, 5.74) is 0. The van der Waals surface area contributed by atoms with Crippen molar-refractivity contribution in [3.8, 4) is 0 Å². The summed E-state index contributed by atoms with van der Waals surface area (Å²) >= 11 is 0. The standard InChI is InChI=1S/3C8H18O3S.Sc/c3*1-2-3-4-5-6-7-8-12(9,10)11;/h3*2-8H2,1H3,(H,9,10,11);/q;;;+3/p-3. The van der Waals surface area contributed by atoms with Crippen LogP contribution in [0.5, 0.6) is 0 Å². The zero-order chi connectivity index (χ0) is 28.3. The molecule has 0 radical (unpaired) electrons. The monoisotopic (exact) mass is 624 g/mol. The number of hydrogen-bond donors (Lipinski definition) is 0. The van der Waals surface area contributed by atoms with Crippen LogP contribution in [0.4, 0.5) is 0 Å². The Morgan fingerprint density at radius 2 is 0.514 bits per heavy atom. The molecule has 222 valence electrons. The van der Waals surface area contributed by atoms with E-state index in [9.17, 15) is 38.9 Å². The Labute approximate surface area is 247 Å². The van der Waals surface area contributed by atoms with E-state index in [0.717, 1.165) is 57.8 Å². The smallest absolute Gasteiger partial charge is 0.748 e. The number of unbranched alkanes of at least 4 members (excludes halogenated alkanes) is 15. The van der Waals surface area contributed by atoms with Crippen molar-refractivity contribution in [3.05, 3.63) is 0 Å². The molecule has 0 aromatic heterocycles. The Bertz CT molecular complexity index is 665. The molecule has 0 N–H and O–H groups in total. The molecule has 0 fully saturated rings. The SMILES string of the molecule is CCCCCCCCS(=O)(=O)[O-].CCCCCCCCS(=O)(=O)[O-].CCCCCCCCS(=O)(=O)[O-].[Sc+3]. The summed E-state index contributed by atoms with van der Waals surface area (Å²) in [5, 5.41) is 0. The second-order valence-corrected chi connectivity index (χ2v) is 13.7. The molecule has 0 bridgehead atoms. The summed E-state index contributed by atoms with van der Waals surface area (Å²) in [6.07, 6.45) is 17.9. The van der Waals surface area contributed by atoms with Crippen LogP contribution in [0, 0.1) is 0 Å². The minimum absolute atomic E-state index is 0. The van der Waals surface area contributed by atoms with E-state index in [1.54, 1.807) is 0 Å². The quantitative estimate of drug-likeness (QED) is 0.115. The minimum atomic E-state index is -3.97. The molecule has 0 aliphatic carbocycles. The first kappa shape index (κ1) is 44.6. The molecule has 0 spiro atoms. The first-order chi connectivity index (χ1) is 16.7. The molecule has 0 saturated heterocycles. The van der Waals surface area contributed by atoms with Crippen molar-refractivity contribution in [1.82, 2.24) is 0 Å². The van der Waals surface area contributed by atoms with Crippen molar-refractivity contribution in [3.63, 3.8) is 0 Å². The van der Waals surface area contributed by atoms with Crippen molar-refractivity contribution < 1.29 is 64.8 Å². The Morgan fingerprint density at radius 3 is 0.676 bits per heavy atom. The molecule has 0 saturated carbocycles. The van der Waals surface area contributed by atoms with Gasteiger partial charge >= 0.3 is 25.8 Å². The van der Waals surface area contributed by atoms with Crippen LogP contribution in [0.3, 0.4) is 0 Å². The fraction of sp³-hybridized carbons (Fsp3) is 1.00. The van der Waals surface area contributed by atoms with Crippen LogP contribution < -0.4 is 0 Å². The zero-order valence-corrected chi connectivity index (χ0v) is 27.6. The van der Waals surface area contributed by atoms with Gasteiger partial charge in [-0.3, -0.25) is 0 Å². The Balaban J connectivity index is -0.000000218. The zero-order valence-electron chi connectivity index (χ0n) is 23.3. The predicted octanol–water partition coefficient (Wildman–Crippen LogP) is 5.67. The topological polar surface area (TPSA) is 172 Å². The maximum absolute atomic E-state index is 10.2. The Hall–Kier alpha value is 0.600. The molecule has 0 amide bonds. The maximum atomic E-state index is 10.2. The van der Waals surface area contributed by atoms with Crippen LogP contribution in [0.25, 0.3) is 0 Å². The third-order valence-corrected chi connectivity index (χ3v) is 7.61. The Kier molecular flexibility index (Phi) is 35.7. The van der Waals surface area contributed by atoms with Crippen molar-refractivity contribution in [2.24, 2.45) is 0 Å². The van der Waals surface area contributed by atoms with Crippen molar-refractivity contribution in [2.45, 2.75) is 136 Å². The van der Waals surface area contributed by atoms with E-state index in [0.29, 0.717) is 19.3 Å². The van der Waals surface area contributed by atoms with Crippen LogP contribution in [-0.4, -0.2) is 56.2 Å². The minimum Gasteiger partial charge on any atom is -0.748 e. The average Bonchev–Trinajstić information content (AvgIpc) is 2.74. The van der Waals surface area contributed by atoms with E-state index < -0.39 is 30.4 Å². The molecule has 0 aliphatic rings. The van der Waals surface area contributed by atoms with Crippen LogP contribution >= 0.6 is 0 Å². The number of hydrogen-bond acceptors (Lipinski definition) is 9. The summed E-state index contributed by atoms with van der Waals surface area (Å²) in [4.78, 5) is 0. The van der Waals surface area contributed by atoms with Crippen LogP contribution in [0.2, 0.25) is 0 Å². The number of rotatable bonds is 21. The summed E-state index contributed by atoms with van der Waals surface area (Å²) in [5.74, 6) is -0.586. The second kappa shape index (κ2) is 29.6. The summed E-state index contributed by atoms with van der Waals surface area (Å²) in [6.45, 7) is 6.38. The molecule has 0 aliphatic heterocycles. The second-order valence-electron chi connectivity index (χ2n) is 9.09. The fourth-order valence-electron chi connectivity index (χ4n) is 3.18. The van der Waals surface area contributed by atoms with Gasteiger partial charge < -0.3 is 13.7 Å². The van der Waals surface area contributed by atoms with Gasteiger partial charge in [-0.1, -0.05) is 117 Å². The molecule has 0 heterocycles. The van der Waals surface area contributed by atoms with Gasteiger partial charge in [-0.15, -0.1) is 0 Å². The van der Waals surface area contributed by atoms with Crippen LogP contribution in [0.1, 0.15) is 136 Å². The van der Waals surface area contributed by atoms with E-state index in [4.69, 9.17) is 0 Å². The van der Waals surface area contributed by atoms with E-state index in [2.05, 4.69) is 20.8 Å². The first-order valence-corrected chi connectivity index (χ1v) is 18.2. The van der Waals surface area contributed by atoms with E-state index in [-0.39, 0.29) is 43.1 Å². The van der Waals surface area contributed by atoms with Crippen LogP contribution in [0.15, 0.2) is 0 Å². The molecule has 37 heavy (non-hydrogen) atoms. The van der Waals surface area contributed by atoms with Crippen molar-refractivity contribution in [2.75, 3.05) is 17.3 Å². The summed E-state index contributed by atoms with van der Waals surface area (Å²) in [7, 11) is -11.9. The third-order valence-electron chi connectivity index (χ3n) is 5.24. The van der Waals surface area contributed by atoms with Gasteiger partial charge in [-0.2, -0.15) is 0 Å². The van der Waals surface area contributed by atoms with Gasteiger partial charge in [0.1, 0.15) is 0 Å². The Morgan fingerprint density at radius 1 is 0.351 bits per heavy atom. The van der Waals surface area contributed by atoms with Crippen molar-refractivity contribution in [1.29, 1.82) is 0 Å². The van der Waals surface area contributed by atoms with Crippen LogP contribution in [-0.2, 0) is 56.2 Å². The van der Waals surface area contributed by atoms with Gasteiger partial charge in [0.2, 0.25) is 0 Å². The largest absolute Gasteiger partial charge is 3.00 e. The van der Waals surface area contributed by atoms with E-state index >= 15 is 0 Å². The van der Waals surface area contributed by atoms with E-state index in [1.165, 1.54) is 38.5 Å². The summed E-state index contributed by atoms with van der Waals surface area (Å²) < 4.78 is 91.5. The van der Waals surface area contributed by atoms with E-state index in [1.807, 2.05) is 0 Å². The fourth-order valence-corrected chi connectivity index (χ4v) is 4.85. The van der Waals surface area contributed by atoms with Gasteiger partial charge in [0.15, 0.2) is 0 Å². The van der Waals surface area contributed by atoms with Gasteiger partial charge in [0.25, 0.3) is 0 Å². The molecule has 0 rings (SSSR count). The van der Waals surface area contributed by atoms with Gasteiger partial charge in [-0.05, 0) is 19.3 Å². The van der Waals surface area contributed by atoms with Crippen molar-refractivity contribution >= 4 is 30.4 Å². The molecular formula is C24H51O9S3Sc. The third kappa shape index (κ3) is 57.5.